The van der Waals surface area contributed by atoms with Gasteiger partial charge in [0.05, 0.1) is 11.2 Å². The number of benzene rings is 2. The first kappa shape index (κ1) is 45.1. The zero-order valence-electron chi connectivity index (χ0n) is 34.7. The molecule has 16 nitrogen and oxygen atoms in total. The number of nitrogens with two attached hydrogens (primary N) is 1. The molecule has 1 aliphatic carbocycles. The van der Waals surface area contributed by atoms with Crippen molar-refractivity contribution < 1.29 is 43.0 Å². The number of nitrogens with zero attached hydrogens (tertiary/aromatic N) is 3. The number of fused-ring (bicyclic) bond motifs is 1. The molecule has 0 bridgehead atoms. The Morgan fingerprint density at radius 1 is 1.00 bits per heavy atom. The van der Waals surface area contributed by atoms with Gasteiger partial charge in [-0.1, -0.05) is 32.4 Å². The number of nitrogens with one attached hydrogen (secondary N) is 3. The summed E-state index contributed by atoms with van der Waals surface area (Å²) in [5, 5.41) is 17.8. The number of urea groups is 1. The van der Waals surface area contributed by atoms with Gasteiger partial charge in [0.25, 0.3) is 0 Å². The molecule has 5 amide bonds. The highest BCUT2D eigenvalue weighted by Gasteiger charge is 2.51. The van der Waals surface area contributed by atoms with Crippen LogP contribution >= 0.6 is 0 Å². The van der Waals surface area contributed by atoms with E-state index >= 15 is 4.39 Å². The lowest BCUT2D eigenvalue weighted by molar-refractivity contribution is -0.150. The molecule has 324 valence electrons. The third kappa shape index (κ3) is 10.8. The monoisotopic (exact) mass is 833 g/mol. The zero-order valence-corrected chi connectivity index (χ0v) is 34.7. The van der Waals surface area contributed by atoms with E-state index in [1.807, 2.05) is 6.92 Å². The van der Waals surface area contributed by atoms with E-state index in [0.717, 1.165) is 18.9 Å². The maximum atomic E-state index is 15.3. The number of Topliss-reactive ketones (excluding diaryl/α,β-unsaturated/α-hetero) is 1. The fourth-order valence-corrected chi connectivity index (χ4v) is 7.95. The van der Waals surface area contributed by atoms with Crippen molar-refractivity contribution in [1.29, 1.82) is 0 Å². The first-order chi connectivity index (χ1) is 28.5. The first-order valence-electron chi connectivity index (χ1n) is 20.6. The minimum Gasteiger partial charge on any atom is -0.477 e. The molecule has 2 fully saturated rings. The number of pyridine rings is 1. The van der Waals surface area contributed by atoms with Gasteiger partial charge in [-0.05, 0) is 81.7 Å². The molecule has 2 aromatic carbocycles. The van der Waals surface area contributed by atoms with Crippen LogP contribution in [-0.2, 0) is 32.3 Å². The van der Waals surface area contributed by atoms with Crippen molar-refractivity contribution >= 4 is 58.0 Å². The molecule has 1 unspecified atom stereocenters. The van der Waals surface area contributed by atoms with E-state index in [1.54, 1.807) is 40.7 Å². The number of piperazine rings is 1. The molecule has 1 aliphatic heterocycles. The predicted octanol–water partition coefficient (Wildman–Crippen LogP) is 5.00. The lowest BCUT2D eigenvalue weighted by Crippen LogP contribution is -2.53. The first-order valence-corrected chi connectivity index (χ1v) is 20.6. The Bertz CT molecular complexity index is 2140. The van der Waals surface area contributed by atoms with Crippen molar-refractivity contribution in [2.45, 2.75) is 91.8 Å². The number of carboxylic acids is 1. The number of rotatable bonds is 18. The molecule has 2 atom stereocenters. The van der Waals surface area contributed by atoms with Crippen LogP contribution in [0.1, 0.15) is 88.6 Å². The van der Waals surface area contributed by atoms with E-state index in [0.29, 0.717) is 48.5 Å². The summed E-state index contributed by atoms with van der Waals surface area (Å²) in [7, 11) is 0. The summed E-state index contributed by atoms with van der Waals surface area (Å²) in [4.78, 5) is 92.6. The molecule has 2 heterocycles. The second-order valence-electron chi connectivity index (χ2n) is 16.2. The van der Waals surface area contributed by atoms with Crippen LogP contribution in [0.25, 0.3) is 10.9 Å². The normalized spacial score (nSPS) is 15.8. The summed E-state index contributed by atoms with van der Waals surface area (Å²) < 4.78 is 22.5. The number of hydrogen-bond donors (Lipinski definition) is 5. The van der Waals surface area contributed by atoms with Crippen LogP contribution in [0.3, 0.4) is 0 Å². The number of ketones is 1. The van der Waals surface area contributed by atoms with Crippen LogP contribution in [0.15, 0.2) is 47.4 Å². The van der Waals surface area contributed by atoms with Gasteiger partial charge < -0.3 is 45.9 Å². The smallest absolute Gasteiger partial charge is 0.410 e. The molecular formula is C43H56FN7O9. The highest BCUT2D eigenvalue weighted by Crippen LogP contribution is 2.44. The lowest BCUT2D eigenvalue weighted by Gasteiger charge is -2.40. The lowest BCUT2D eigenvalue weighted by atomic mass is 9.63. The van der Waals surface area contributed by atoms with E-state index in [-0.39, 0.29) is 81.0 Å². The summed E-state index contributed by atoms with van der Waals surface area (Å²) in [6.07, 6.45) is 3.61. The van der Waals surface area contributed by atoms with E-state index in [9.17, 15) is 38.7 Å². The molecule has 0 spiro atoms. The van der Waals surface area contributed by atoms with Crippen molar-refractivity contribution in [2.24, 2.45) is 23.0 Å². The third-order valence-electron chi connectivity index (χ3n) is 11.4. The minimum absolute atomic E-state index is 0.0236. The molecule has 0 radical (unpaired) electrons. The van der Waals surface area contributed by atoms with Gasteiger partial charge in [-0.2, -0.15) is 0 Å². The Morgan fingerprint density at radius 3 is 2.27 bits per heavy atom. The van der Waals surface area contributed by atoms with Gasteiger partial charge in [-0.25, -0.2) is 18.8 Å². The van der Waals surface area contributed by atoms with Gasteiger partial charge >= 0.3 is 18.1 Å². The van der Waals surface area contributed by atoms with Crippen molar-refractivity contribution in [1.82, 2.24) is 20.1 Å². The van der Waals surface area contributed by atoms with Gasteiger partial charge in [0.15, 0.2) is 0 Å². The number of aryl methyl sites for hydroxylation is 1. The molecule has 3 aromatic rings. The molecule has 2 aliphatic rings. The topological polar surface area (TPSA) is 222 Å². The van der Waals surface area contributed by atoms with Gasteiger partial charge in [0.2, 0.25) is 17.2 Å². The fourth-order valence-electron chi connectivity index (χ4n) is 7.95. The number of ether oxygens (including phenoxy) is 1. The molecule has 5 rings (SSSR count). The maximum absolute atomic E-state index is 15.3. The average Bonchev–Trinajstić information content (AvgIpc) is 3.17. The molecule has 1 aromatic heterocycles. The number of halogens is 1. The number of aromatic carboxylic acids is 1. The number of aromatic nitrogens is 1. The SMILES string of the molecule is CCn1cc(C(=O)O)c(=O)c2cc(F)c(N3CCN(C(=O)OCc4ccc(NC(=O)[C@H](CCCNC(N)=O)CC(=O)C5(C(=O)NC(C)CC(C)C)CCC5)cc4)CC3)cc21. The zero-order chi connectivity index (χ0) is 43.7. The molecule has 1 saturated carbocycles. The van der Waals surface area contributed by atoms with Crippen LogP contribution in [0, 0.1) is 23.1 Å². The van der Waals surface area contributed by atoms with Crippen LogP contribution in [0.2, 0.25) is 0 Å². The molecule has 6 N–H and O–H groups in total. The van der Waals surface area contributed by atoms with Crippen LogP contribution in [0.4, 0.5) is 25.4 Å². The number of carbonyl (C=O) groups excluding carboxylic acids is 5. The fraction of sp³-hybridized carbons (Fsp3) is 0.512. The quantitative estimate of drug-likeness (QED) is 0.0852. The molecular weight excluding hydrogens is 778 g/mol. The van der Waals surface area contributed by atoms with Crippen molar-refractivity contribution in [2.75, 3.05) is 42.9 Å². The van der Waals surface area contributed by atoms with E-state index < -0.39 is 52.1 Å². The Kier molecular flexibility index (Phi) is 14.9. The summed E-state index contributed by atoms with van der Waals surface area (Å²) in [5.41, 5.74) is 4.61. The number of primary amides is 1. The van der Waals surface area contributed by atoms with Crippen molar-refractivity contribution in [3.63, 3.8) is 0 Å². The van der Waals surface area contributed by atoms with E-state index in [2.05, 4.69) is 29.8 Å². The van der Waals surface area contributed by atoms with Crippen LogP contribution in [0.5, 0.6) is 0 Å². The second kappa shape index (κ2) is 19.8. The minimum atomic E-state index is -1.38. The number of amides is 5. The van der Waals surface area contributed by atoms with Crippen molar-refractivity contribution in [3.8, 4) is 0 Å². The van der Waals surface area contributed by atoms with Gasteiger partial charge in [-0.3, -0.25) is 19.2 Å². The van der Waals surface area contributed by atoms with E-state index in [1.165, 1.54) is 17.2 Å². The summed E-state index contributed by atoms with van der Waals surface area (Å²) >= 11 is 0. The highest BCUT2D eigenvalue weighted by molar-refractivity contribution is 6.08. The number of anilines is 2. The molecule has 60 heavy (non-hydrogen) atoms. The highest BCUT2D eigenvalue weighted by atomic mass is 19.1. The summed E-state index contributed by atoms with van der Waals surface area (Å²) in [6, 6.07) is 8.52. The Morgan fingerprint density at radius 2 is 1.68 bits per heavy atom. The number of carbonyl (C=O) groups is 6. The van der Waals surface area contributed by atoms with Crippen molar-refractivity contribution in [3.05, 3.63) is 69.8 Å². The predicted molar refractivity (Wildman–Crippen MR) is 223 cm³/mol. The Balaban J connectivity index is 1.15. The Labute approximate surface area is 348 Å². The van der Waals surface area contributed by atoms with Gasteiger partial charge in [-0.15, -0.1) is 0 Å². The third-order valence-corrected chi connectivity index (χ3v) is 11.4. The standard InChI is InChI=1S/C43H56FN7O9/c1-5-49-24-32(39(55)56)37(53)31-22-33(44)35(23-34(31)49)50-16-18-51(19-17-50)42(59)60-25-28-9-11-30(12-10-28)48-38(54)29(8-6-15-46-41(45)58)21-36(52)43(13-7-14-43)40(57)47-27(4)20-26(2)3/h9-12,22-24,26-27,29H,5-8,13-21,25H2,1-4H3,(H,47,57)(H,48,54)(H,55,56)(H3,45,46,58)/t27?,29-/m1/s1. The molecule has 1 saturated heterocycles. The summed E-state index contributed by atoms with van der Waals surface area (Å²) in [5.74, 6) is -3.42. The van der Waals surface area contributed by atoms with E-state index in [4.69, 9.17) is 10.5 Å². The second-order valence-corrected chi connectivity index (χ2v) is 16.2. The van der Waals surface area contributed by atoms with Crippen LogP contribution in [-0.4, -0.2) is 89.0 Å². The number of hydrogen-bond acceptors (Lipinski definition) is 9. The molecule has 17 heteroatoms. The van der Waals surface area contributed by atoms with Gasteiger partial charge in [0, 0.05) is 74.9 Å². The Hall–Kier alpha value is -6.00. The average molecular weight is 834 g/mol. The largest absolute Gasteiger partial charge is 0.477 e. The number of carboxylic acid groups (broad SMARTS) is 1. The summed E-state index contributed by atoms with van der Waals surface area (Å²) in [6.45, 7) is 9.43. The van der Waals surface area contributed by atoms with Crippen LogP contribution < -0.4 is 32.0 Å². The maximum Gasteiger partial charge on any atom is 0.410 e. The van der Waals surface area contributed by atoms with Gasteiger partial charge in [0.1, 0.15) is 29.2 Å².